The molecule has 0 saturated carbocycles. The van der Waals surface area contributed by atoms with Crippen molar-refractivity contribution in [2.75, 3.05) is 13.1 Å². The molecule has 0 unspecified atom stereocenters. The topological polar surface area (TPSA) is 526 Å². The van der Waals surface area contributed by atoms with Crippen molar-refractivity contribution in [2.45, 2.75) is 173 Å². The molecule has 20 N–H and O–H groups in total. The smallest absolute Gasteiger partial charge is 0.326 e. The minimum absolute atomic E-state index is 0.158. The summed E-state index contributed by atoms with van der Waals surface area (Å²) < 4.78 is 0. The Bertz CT molecular complexity index is 2110. The second-order valence-corrected chi connectivity index (χ2v) is 19.1. The lowest BCUT2D eigenvalue weighted by atomic mass is 9.97. The molecule has 0 bridgehead atoms. The number of unbranched alkanes of at least 4 members (excludes halogenated alkanes) is 1. The molecule has 0 heterocycles. The number of nitrogens with two attached hydrogens (primary N) is 3. The number of nitrogens with one attached hydrogen (secondary N) is 9. The van der Waals surface area contributed by atoms with Crippen LogP contribution in [0.1, 0.15) is 113 Å². The molecule has 436 valence electrons. The fourth-order valence-electron chi connectivity index (χ4n) is 7.04. The molecule has 0 aliphatic heterocycles. The highest BCUT2D eigenvalue weighted by atomic mass is 16.4. The maximum absolute atomic E-state index is 13.9. The van der Waals surface area contributed by atoms with Crippen molar-refractivity contribution in [1.29, 1.82) is 0 Å². The molecule has 0 spiro atoms. The van der Waals surface area contributed by atoms with Crippen LogP contribution in [0.2, 0.25) is 0 Å². The first-order valence-corrected chi connectivity index (χ1v) is 24.8. The molecule has 31 nitrogen and oxygen atoms in total. The molecule has 0 aromatic carbocycles. The van der Waals surface area contributed by atoms with E-state index in [0.717, 1.165) is 6.92 Å². The van der Waals surface area contributed by atoms with Crippen LogP contribution >= 0.6 is 0 Å². The SMILES string of the molecule is CC[C@H](C)[C@H](NC(=O)CNC(=O)[C@@H](NC(=O)[C@H](CC(=O)O)NC(=O)[C@@H](N)CCCCN)[C@@H](C)O)C(=O)N[C@@H](CCC(N)=O)C(=O)N[C@H](C(=O)N[C@@H](CC(=O)O)C(=O)N[C@@H](CC(C)C)C(=O)N[C@@H](CC(=O)O)C(=O)O)C(C)C. The van der Waals surface area contributed by atoms with Crippen molar-refractivity contribution >= 4 is 82.9 Å². The molecule has 10 amide bonds. The summed E-state index contributed by atoms with van der Waals surface area (Å²) in [4.78, 5) is 179. The molecule has 77 heavy (non-hydrogen) atoms. The number of aliphatic hydroxyl groups excluding tert-OH is 1. The molecule has 0 fully saturated rings. The van der Waals surface area contributed by atoms with Gasteiger partial charge in [0, 0.05) is 6.42 Å². The summed E-state index contributed by atoms with van der Waals surface area (Å²) in [7, 11) is 0. The fraction of sp³-hybridized carbons (Fsp3) is 0.696. The van der Waals surface area contributed by atoms with Gasteiger partial charge in [-0.1, -0.05) is 54.4 Å². The second-order valence-electron chi connectivity index (χ2n) is 19.1. The first-order valence-electron chi connectivity index (χ1n) is 24.8. The van der Waals surface area contributed by atoms with Crippen LogP contribution in [0.15, 0.2) is 0 Å². The first-order chi connectivity index (χ1) is 35.8. The Morgan fingerprint density at radius 2 is 0.935 bits per heavy atom. The molecule has 0 radical (unpaired) electrons. The molecule has 0 aromatic rings. The quantitative estimate of drug-likeness (QED) is 0.0256. The highest BCUT2D eigenvalue weighted by Gasteiger charge is 2.37. The summed E-state index contributed by atoms with van der Waals surface area (Å²) in [6.45, 7) is 9.84. The Morgan fingerprint density at radius 3 is 1.40 bits per heavy atom. The van der Waals surface area contributed by atoms with Gasteiger partial charge in [0.25, 0.3) is 0 Å². The predicted octanol–water partition coefficient (Wildman–Crippen LogP) is -5.66. The third-order valence-electron chi connectivity index (χ3n) is 11.5. The van der Waals surface area contributed by atoms with Gasteiger partial charge < -0.3 is 90.6 Å². The zero-order valence-electron chi connectivity index (χ0n) is 44.2. The summed E-state index contributed by atoms with van der Waals surface area (Å²) in [5.41, 5.74) is 16.7. The van der Waals surface area contributed by atoms with Gasteiger partial charge in [-0.25, -0.2) is 4.79 Å². The van der Waals surface area contributed by atoms with Gasteiger partial charge in [0.2, 0.25) is 59.1 Å². The Labute approximate surface area is 443 Å². The minimum Gasteiger partial charge on any atom is -0.481 e. The largest absolute Gasteiger partial charge is 0.481 e. The Morgan fingerprint density at radius 1 is 0.494 bits per heavy atom. The highest BCUT2D eigenvalue weighted by molar-refractivity contribution is 5.99. The summed E-state index contributed by atoms with van der Waals surface area (Å²) >= 11 is 0. The molecule has 0 rings (SSSR count). The number of aliphatic carboxylic acids is 4. The minimum atomic E-state index is -1.93. The predicted molar refractivity (Wildman–Crippen MR) is 268 cm³/mol. The molecule has 0 aliphatic rings. The van der Waals surface area contributed by atoms with Gasteiger partial charge in [0.05, 0.1) is 38.0 Å². The van der Waals surface area contributed by atoms with Crippen molar-refractivity contribution in [3.8, 4) is 0 Å². The monoisotopic (exact) mass is 1100 g/mol. The lowest BCUT2D eigenvalue weighted by Crippen LogP contribution is -2.61. The third kappa shape index (κ3) is 27.2. The first kappa shape index (κ1) is 69.5. The van der Waals surface area contributed by atoms with Gasteiger partial charge in [0.1, 0.15) is 48.3 Å². The van der Waals surface area contributed by atoms with Crippen molar-refractivity contribution < 1.29 is 92.7 Å². The lowest BCUT2D eigenvalue weighted by molar-refractivity contribution is -0.147. The van der Waals surface area contributed by atoms with Crippen molar-refractivity contribution in [1.82, 2.24) is 47.9 Å². The Balaban J connectivity index is 6.39. The number of hydrogen-bond donors (Lipinski definition) is 17. The number of carboxylic acids is 4. The van der Waals surface area contributed by atoms with Gasteiger partial charge in [-0.05, 0) is 56.9 Å². The van der Waals surface area contributed by atoms with Gasteiger partial charge in [-0.2, -0.15) is 0 Å². The van der Waals surface area contributed by atoms with Crippen LogP contribution in [0.25, 0.3) is 0 Å². The number of hydrogen-bond acceptors (Lipinski definition) is 17. The average molecular weight is 1100 g/mol. The van der Waals surface area contributed by atoms with Crippen molar-refractivity contribution in [2.24, 2.45) is 35.0 Å². The number of rotatable bonds is 38. The maximum Gasteiger partial charge on any atom is 0.326 e. The van der Waals surface area contributed by atoms with E-state index in [-0.39, 0.29) is 25.2 Å². The van der Waals surface area contributed by atoms with Crippen LogP contribution in [0.4, 0.5) is 0 Å². The van der Waals surface area contributed by atoms with E-state index < -0.39 is 194 Å². The molecule has 0 saturated heterocycles. The van der Waals surface area contributed by atoms with E-state index in [4.69, 9.17) is 22.3 Å². The summed E-state index contributed by atoms with van der Waals surface area (Å²) in [5, 5.41) is 68.2. The van der Waals surface area contributed by atoms with Crippen LogP contribution in [0.3, 0.4) is 0 Å². The van der Waals surface area contributed by atoms with Crippen molar-refractivity contribution in [3.63, 3.8) is 0 Å². The highest BCUT2D eigenvalue weighted by Crippen LogP contribution is 2.13. The van der Waals surface area contributed by atoms with Gasteiger partial charge in [-0.15, -0.1) is 0 Å². The number of amides is 10. The van der Waals surface area contributed by atoms with Crippen molar-refractivity contribution in [3.05, 3.63) is 0 Å². The second kappa shape index (κ2) is 34.9. The molecule has 31 heteroatoms. The normalized spacial score (nSPS) is 15.4. The van der Waals surface area contributed by atoms with Gasteiger partial charge in [-0.3, -0.25) is 62.3 Å². The van der Waals surface area contributed by atoms with Crippen LogP contribution < -0.4 is 65.1 Å². The number of carbonyl (C=O) groups is 14. The zero-order valence-corrected chi connectivity index (χ0v) is 44.2. The average Bonchev–Trinajstić information content (AvgIpc) is 3.32. The van der Waals surface area contributed by atoms with Crippen LogP contribution in [0, 0.1) is 17.8 Å². The fourth-order valence-corrected chi connectivity index (χ4v) is 7.04. The molecule has 11 atom stereocenters. The van der Waals surface area contributed by atoms with Gasteiger partial charge in [0.15, 0.2) is 0 Å². The lowest BCUT2D eigenvalue weighted by Gasteiger charge is -2.29. The third-order valence-corrected chi connectivity index (χ3v) is 11.5. The Hall–Kier alpha value is -7.54. The number of primary amides is 1. The van der Waals surface area contributed by atoms with Gasteiger partial charge >= 0.3 is 23.9 Å². The number of carbonyl (C=O) groups excluding carboxylic acids is 10. The van der Waals surface area contributed by atoms with Crippen LogP contribution in [-0.2, 0) is 67.1 Å². The standard InChI is InChI=1S/C46H78N12O19/c1-8-22(6)36(56-31(61)19-50-43(73)37(23(7)59)58-42(72)28(17-33(64)65)52-38(68)24(48)11-9-10-14-47)45(75)51-25(12-13-30(49)60)39(69)57-35(21(4)5)44(74)54-27(16-32(62)63)41(71)53-26(15-20(2)3)40(70)55-29(46(76)77)18-34(66)67/h20-29,35-37,59H,8-19,47-48H2,1-7H3,(H2,49,60)(H,50,73)(H,51,75)(H,52,68)(H,53,71)(H,54,74)(H,55,70)(H,56,61)(H,57,69)(H,58,72)(H,62,63)(H,64,65)(H,66,67)(H,76,77)/t22-,23+,24-,25-,26-,27-,28-,29-,35-,36-,37-/m0/s1. The number of aliphatic hydroxyl groups is 1. The van der Waals surface area contributed by atoms with E-state index in [1.165, 1.54) is 20.8 Å². The maximum atomic E-state index is 13.9. The molecule has 0 aliphatic carbocycles. The van der Waals surface area contributed by atoms with E-state index in [1.807, 2.05) is 5.32 Å². The summed E-state index contributed by atoms with van der Waals surface area (Å²) in [5.74, 6) is -19.0. The summed E-state index contributed by atoms with van der Waals surface area (Å²) in [6, 6.07) is -14.8. The van der Waals surface area contributed by atoms with E-state index in [2.05, 4.69) is 42.5 Å². The molecule has 0 aromatic heterocycles. The van der Waals surface area contributed by atoms with E-state index in [1.54, 1.807) is 20.8 Å². The molecular weight excluding hydrogens is 1020 g/mol. The van der Waals surface area contributed by atoms with E-state index in [9.17, 15) is 87.5 Å². The molecular formula is C46H78N12O19. The van der Waals surface area contributed by atoms with E-state index in [0.29, 0.717) is 19.4 Å². The van der Waals surface area contributed by atoms with E-state index >= 15 is 0 Å². The number of carboxylic acid groups (broad SMARTS) is 4. The van der Waals surface area contributed by atoms with Crippen LogP contribution in [-0.4, -0.2) is 182 Å². The Kier molecular flexibility index (Phi) is 31.5. The summed E-state index contributed by atoms with van der Waals surface area (Å²) in [6.07, 6.45) is -4.44. The zero-order chi connectivity index (χ0) is 59.4. The van der Waals surface area contributed by atoms with Crippen LogP contribution in [0.5, 0.6) is 0 Å².